The molecule has 4 bridgehead atoms. The van der Waals surface area contributed by atoms with Crippen LogP contribution in [-0.2, 0) is 19.1 Å². The quantitative estimate of drug-likeness (QED) is 0.375. The molecule has 6 aliphatic rings. The van der Waals surface area contributed by atoms with E-state index >= 15 is 0 Å². The lowest BCUT2D eigenvalue weighted by molar-refractivity contribution is -0.235. The average Bonchev–Trinajstić information content (AvgIpc) is 3.51. The van der Waals surface area contributed by atoms with Crippen molar-refractivity contribution < 1.29 is 29.3 Å². The largest absolute Gasteiger partial charge is 0.481 e. The summed E-state index contributed by atoms with van der Waals surface area (Å²) in [6, 6.07) is 0. The number of ether oxygens (including phenoxy) is 2. The van der Waals surface area contributed by atoms with E-state index in [2.05, 4.69) is 31.7 Å². The van der Waals surface area contributed by atoms with Crippen LogP contribution in [0.4, 0.5) is 0 Å². The number of rotatable bonds is 8. The molecule has 5 fully saturated rings. The molecule has 206 valence electrons. The van der Waals surface area contributed by atoms with Gasteiger partial charge in [0, 0.05) is 25.0 Å². The third-order valence-corrected chi connectivity index (χ3v) is 11.5. The predicted molar refractivity (Wildman–Crippen MR) is 137 cm³/mol. The van der Waals surface area contributed by atoms with Crippen LogP contribution in [0.2, 0.25) is 0 Å². The number of aliphatic hydroxyl groups excluding tert-OH is 1. The standard InChI is InChI=1S/C30H45NO6/c1-17(2)24-9-21-10-28(15-32)23-8-5-18(3)22(23)11-29(21,30(24,28)27(34)35)16-36-26-25(33)14-31(12-19(4)37-26)13-20-6-7-20/h9,15,17-23,25-26,33H,5-8,10-14,16H2,1-4H3,(H,34,35)/t18-,19-,21?,22-,23-,25+,26-,28?,29?,30+/m1/s1. The summed E-state index contributed by atoms with van der Waals surface area (Å²) < 4.78 is 12.7. The Bertz CT molecular complexity index is 977. The molecule has 0 amide bonds. The molecule has 7 nitrogen and oxygen atoms in total. The van der Waals surface area contributed by atoms with Gasteiger partial charge in [-0.05, 0) is 74.5 Å². The molecular weight excluding hydrogens is 470 g/mol. The minimum absolute atomic E-state index is 0.0179. The van der Waals surface area contributed by atoms with E-state index in [0.717, 1.165) is 50.1 Å². The number of aliphatic hydroxyl groups is 1. The van der Waals surface area contributed by atoms with E-state index in [9.17, 15) is 19.8 Å². The van der Waals surface area contributed by atoms with Gasteiger partial charge >= 0.3 is 5.97 Å². The van der Waals surface area contributed by atoms with Crippen LogP contribution in [0.1, 0.15) is 66.2 Å². The maximum absolute atomic E-state index is 13.6. The molecule has 1 saturated heterocycles. The molecule has 7 heteroatoms. The lowest BCUT2D eigenvalue weighted by Crippen LogP contribution is -2.63. The normalized spacial score (nSPS) is 49.1. The number of aldehydes is 1. The Hall–Kier alpha value is -1.28. The lowest BCUT2D eigenvalue weighted by atomic mass is 9.43. The van der Waals surface area contributed by atoms with Crippen molar-refractivity contribution in [1.29, 1.82) is 0 Å². The minimum Gasteiger partial charge on any atom is -0.481 e. The van der Waals surface area contributed by atoms with E-state index < -0.39 is 34.6 Å². The zero-order valence-electron chi connectivity index (χ0n) is 22.9. The number of carboxylic acid groups (broad SMARTS) is 1. The van der Waals surface area contributed by atoms with Gasteiger partial charge in [-0.15, -0.1) is 0 Å². The van der Waals surface area contributed by atoms with Crippen molar-refractivity contribution in [2.45, 2.75) is 84.7 Å². The molecule has 4 saturated carbocycles. The number of nitrogens with zero attached hydrogens (tertiary/aromatic N) is 1. The van der Waals surface area contributed by atoms with E-state index in [1.165, 1.54) is 12.8 Å². The monoisotopic (exact) mass is 515 g/mol. The van der Waals surface area contributed by atoms with Gasteiger partial charge in [-0.2, -0.15) is 0 Å². The zero-order valence-corrected chi connectivity index (χ0v) is 22.9. The average molecular weight is 516 g/mol. The fourth-order valence-electron chi connectivity index (χ4n) is 9.98. The highest BCUT2D eigenvalue weighted by Crippen LogP contribution is 2.82. The molecule has 3 unspecified atom stereocenters. The molecule has 10 atom stereocenters. The third-order valence-electron chi connectivity index (χ3n) is 11.5. The summed E-state index contributed by atoms with van der Waals surface area (Å²) in [5.74, 6) is 0.757. The molecule has 2 N–H and O–H groups in total. The van der Waals surface area contributed by atoms with Crippen LogP contribution in [0, 0.1) is 51.8 Å². The number of aliphatic carboxylic acids is 1. The van der Waals surface area contributed by atoms with Crippen LogP contribution in [0.15, 0.2) is 11.6 Å². The summed E-state index contributed by atoms with van der Waals surface area (Å²) in [7, 11) is 0. The summed E-state index contributed by atoms with van der Waals surface area (Å²) in [5.41, 5.74) is -1.95. The van der Waals surface area contributed by atoms with Crippen LogP contribution >= 0.6 is 0 Å². The number of carboxylic acids is 1. The van der Waals surface area contributed by atoms with Crippen molar-refractivity contribution in [2.24, 2.45) is 51.8 Å². The Kier molecular flexibility index (Phi) is 6.22. The van der Waals surface area contributed by atoms with Crippen LogP contribution in [0.25, 0.3) is 0 Å². The summed E-state index contributed by atoms with van der Waals surface area (Å²) in [6.45, 7) is 10.8. The molecule has 1 heterocycles. The van der Waals surface area contributed by atoms with E-state index in [1.54, 1.807) is 0 Å². The van der Waals surface area contributed by atoms with Gasteiger partial charge in [0.1, 0.15) is 17.8 Å². The van der Waals surface area contributed by atoms with Gasteiger partial charge in [-0.1, -0.05) is 38.8 Å². The Morgan fingerprint density at radius 2 is 1.97 bits per heavy atom. The summed E-state index contributed by atoms with van der Waals surface area (Å²) >= 11 is 0. The Labute approximate surface area is 220 Å². The van der Waals surface area contributed by atoms with Gasteiger partial charge in [0.05, 0.1) is 18.1 Å². The fourth-order valence-corrected chi connectivity index (χ4v) is 9.98. The number of fused-ring (bicyclic) bond motifs is 2. The second kappa shape index (κ2) is 8.87. The molecular formula is C30H45NO6. The molecule has 0 aromatic rings. The number of hydrogen-bond acceptors (Lipinski definition) is 6. The number of β-amino-alcohol motifs (C(OH)–C–C–N with tert-alkyl or cyclic N) is 1. The summed E-state index contributed by atoms with van der Waals surface area (Å²) in [4.78, 5) is 29.0. The second-order valence-corrected chi connectivity index (χ2v) is 13.8. The van der Waals surface area contributed by atoms with Crippen LogP contribution < -0.4 is 0 Å². The Balaban J connectivity index is 1.35. The second-order valence-electron chi connectivity index (χ2n) is 13.8. The van der Waals surface area contributed by atoms with E-state index in [0.29, 0.717) is 24.8 Å². The van der Waals surface area contributed by atoms with Crippen molar-refractivity contribution in [3.8, 4) is 0 Å². The highest BCUT2D eigenvalue weighted by Gasteiger charge is 2.84. The summed E-state index contributed by atoms with van der Waals surface area (Å²) in [6.07, 6.45) is 7.39. The van der Waals surface area contributed by atoms with Gasteiger partial charge in [0.2, 0.25) is 0 Å². The van der Waals surface area contributed by atoms with Crippen LogP contribution in [0.3, 0.4) is 0 Å². The lowest BCUT2D eigenvalue weighted by Gasteiger charge is -2.58. The first-order chi connectivity index (χ1) is 17.6. The zero-order chi connectivity index (χ0) is 26.3. The number of carbonyl (C=O) groups excluding carboxylic acids is 1. The van der Waals surface area contributed by atoms with Gasteiger partial charge in [-0.25, -0.2) is 0 Å². The third kappa shape index (κ3) is 3.46. The van der Waals surface area contributed by atoms with Crippen molar-refractivity contribution >= 4 is 12.3 Å². The molecule has 0 aromatic heterocycles. The predicted octanol–water partition coefficient (Wildman–Crippen LogP) is 3.75. The van der Waals surface area contributed by atoms with Crippen LogP contribution in [0.5, 0.6) is 0 Å². The SMILES string of the molecule is CC(C)C1=CC2CC3(C=O)[C@@H]4CC[C@@H](C)[C@H]4CC2(CO[C@@H]2O[C@H](C)CN(CC4CC4)C[C@@H]2O)[C@]13C(=O)O. The fraction of sp³-hybridized carbons (Fsp3) is 0.867. The number of carbonyl (C=O) groups is 2. The van der Waals surface area contributed by atoms with E-state index in [1.807, 2.05) is 6.92 Å². The highest BCUT2D eigenvalue weighted by atomic mass is 16.7. The molecule has 6 rings (SSSR count). The highest BCUT2D eigenvalue weighted by molar-refractivity contribution is 5.90. The van der Waals surface area contributed by atoms with Crippen molar-refractivity contribution in [2.75, 3.05) is 26.2 Å². The first-order valence-electron chi connectivity index (χ1n) is 14.7. The van der Waals surface area contributed by atoms with Gasteiger partial charge in [0.25, 0.3) is 0 Å². The Morgan fingerprint density at radius 3 is 2.62 bits per heavy atom. The van der Waals surface area contributed by atoms with Crippen molar-refractivity contribution in [3.05, 3.63) is 11.6 Å². The smallest absolute Gasteiger partial charge is 0.315 e. The maximum atomic E-state index is 13.6. The molecule has 0 aromatic carbocycles. The van der Waals surface area contributed by atoms with E-state index in [-0.39, 0.29) is 30.5 Å². The molecule has 0 spiro atoms. The van der Waals surface area contributed by atoms with E-state index in [4.69, 9.17) is 9.47 Å². The molecule has 37 heavy (non-hydrogen) atoms. The number of hydrogen-bond donors (Lipinski definition) is 2. The van der Waals surface area contributed by atoms with Crippen LogP contribution in [-0.4, -0.2) is 72.1 Å². The Morgan fingerprint density at radius 1 is 1.22 bits per heavy atom. The minimum atomic E-state index is -1.26. The first-order valence-corrected chi connectivity index (χ1v) is 14.7. The topological polar surface area (TPSA) is 96.3 Å². The van der Waals surface area contributed by atoms with Gasteiger partial charge < -0.3 is 24.5 Å². The van der Waals surface area contributed by atoms with Crippen molar-refractivity contribution in [1.82, 2.24) is 4.90 Å². The van der Waals surface area contributed by atoms with Gasteiger partial charge in [-0.3, -0.25) is 9.69 Å². The molecule has 1 aliphatic heterocycles. The molecule has 5 aliphatic carbocycles. The van der Waals surface area contributed by atoms with Gasteiger partial charge in [0.15, 0.2) is 6.29 Å². The molecule has 0 radical (unpaired) electrons. The van der Waals surface area contributed by atoms with Crippen molar-refractivity contribution in [3.63, 3.8) is 0 Å². The summed E-state index contributed by atoms with van der Waals surface area (Å²) in [5, 5.41) is 22.3. The first kappa shape index (κ1) is 26.0. The number of allylic oxidation sites excluding steroid dienone is 1. The maximum Gasteiger partial charge on any atom is 0.315 e.